The van der Waals surface area contributed by atoms with Crippen molar-refractivity contribution in [3.05, 3.63) is 44.7 Å². The lowest BCUT2D eigenvalue weighted by atomic mass is 10.2. The molecule has 1 atom stereocenters. The number of aryl methyl sites for hydroxylation is 1. The summed E-state index contributed by atoms with van der Waals surface area (Å²) in [6.45, 7) is 7.51. The maximum atomic E-state index is 13.6. The van der Waals surface area contributed by atoms with Gasteiger partial charge in [-0.15, -0.1) is 0 Å². The van der Waals surface area contributed by atoms with Crippen LogP contribution in [0.4, 0.5) is 5.82 Å². The molecule has 182 valence electrons. The van der Waals surface area contributed by atoms with E-state index in [1.807, 2.05) is 13.0 Å². The lowest BCUT2D eigenvalue weighted by molar-refractivity contribution is -0.123. The normalized spacial score (nSPS) is 21.2. The van der Waals surface area contributed by atoms with Crippen LogP contribution in [-0.2, 0) is 14.6 Å². The van der Waals surface area contributed by atoms with E-state index < -0.39 is 15.9 Å². The van der Waals surface area contributed by atoms with Crippen LogP contribution < -0.4 is 10.5 Å². The quantitative estimate of drug-likeness (QED) is 0.406. The maximum absolute atomic E-state index is 13.6. The first-order valence-corrected chi connectivity index (χ1v) is 14.5. The molecular formula is C23H28N4O4S3. The topological polar surface area (TPSA) is 92.1 Å². The smallest absolute Gasteiger partial charge is 0.267 e. The Morgan fingerprint density at radius 3 is 2.59 bits per heavy atom. The van der Waals surface area contributed by atoms with Crippen molar-refractivity contribution >= 4 is 61.6 Å². The van der Waals surface area contributed by atoms with E-state index in [-0.39, 0.29) is 23.0 Å². The Labute approximate surface area is 209 Å². The van der Waals surface area contributed by atoms with Crippen LogP contribution in [0.2, 0.25) is 0 Å². The Balaban J connectivity index is 1.84. The van der Waals surface area contributed by atoms with E-state index in [4.69, 9.17) is 17.2 Å². The van der Waals surface area contributed by atoms with Crippen LogP contribution in [0.25, 0.3) is 11.7 Å². The van der Waals surface area contributed by atoms with Gasteiger partial charge in [0.2, 0.25) is 0 Å². The standard InChI is InChI=1S/C23H28N4O4S3/c1-4-9-25(10-5-2)20-17(21(28)26-11-6-7-15(3)19(26)24-20)13-18-22(29)27(23(32)33-18)16-8-12-34(30,31)14-16/h6-7,11,13,16H,4-5,8-10,12,14H2,1-3H3/b18-13-/t16-/m1/s1. The van der Waals surface area contributed by atoms with Gasteiger partial charge in [0.05, 0.1) is 28.0 Å². The van der Waals surface area contributed by atoms with E-state index in [0.29, 0.717) is 32.7 Å². The molecule has 0 unspecified atom stereocenters. The number of nitrogens with zero attached hydrogens (tertiary/aromatic N) is 4. The molecule has 2 aliphatic rings. The monoisotopic (exact) mass is 520 g/mol. The van der Waals surface area contributed by atoms with Crippen LogP contribution in [0.3, 0.4) is 0 Å². The van der Waals surface area contributed by atoms with Crippen LogP contribution in [0.15, 0.2) is 28.0 Å². The zero-order valence-corrected chi connectivity index (χ0v) is 21.9. The fourth-order valence-electron chi connectivity index (χ4n) is 4.44. The predicted molar refractivity (Wildman–Crippen MR) is 141 cm³/mol. The summed E-state index contributed by atoms with van der Waals surface area (Å²) < 4.78 is 25.8. The summed E-state index contributed by atoms with van der Waals surface area (Å²) in [5.74, 6) is 0.167. The van der Waals surface area contributed by atoms with Crippen LogP contribution in [0.5, 0.6) is 0 Å². The molecule has 34 heavy (non-hydrogen) atoms. The largest absolute Gasteiger partial charge is 0.356 e. The van der Waals surface area contributed by atoms with Gasteiger partial charge in [0.1, 0.15) is 15.8 Å². The van der Waals surface area contributed by atoms with Crippen molar-refractivity contribution in [1.29, 1.82) is 0 Å². The molecule has 0 radical (unpaired) electrons. The van der Waals surface area contributed by atoms with Crippen LogP contribution in [0.1, 0.15) is 44.2 Å². The second kappa shape index (κ2) is 9.79. The first-order valence-electron chi connectivity index (χ1n) is 11.4. The maximum Gasteiger partial charge on any atom is 0.267 e. The summed E-state index contributed by atoms with van der Waals surface area (Å²) in [5.41, 5.74) is 1.55. The van der Waals surface area contributed by atoms with Gasteiger partial charge in [-0.05, 0) is 43.9 Å². The minimum Gasteiger partial charge on any atom is -0.356 e. The van der Waals surface area contributed by atoms with Gasteiger partial charge < -0.3 is 4.90 Å². The number of thiocarbonyl (C=S) groups is 1. The summed E-state index contributed by atoms with van der Waals surface area (Å²) in [4.78, 5) is 35.6. The average Bonchev–Trinajstić information content (AvgIpc) is 3.27. The molecule has 0 aliphatic carbocycles. The summed E-state index contributed by atoms with van der Waals surface area (Å²) in [6, 6.07) is 3.25. The van der Waals surface area contributed by atoms with E-state index in [1.54, 1.807) is 18.3 Å². The molecule has 8 nitrogen and oxygen atoms in total. The van der Waals surface area contributed by atoms with Gasteiger partial charge in [-0.25, -0.2) is 13.4 Å². The number of anilines is 1. The predicted octanol–water partition coefficient (Wildman–Crippen LogP) is 3.02. The fraction of sp³-hybridized carbons (Fsp3) is 0.478. The number of hydrogen-bond donors (Lipinski definition) is 0. The Bertz CT molecular complexity index is 1340. The number of pyridine rings is 1. The third-order valence-electron chi connectivity index (χ3n) is 6.02. The Morgan fingerprint density at radius 1 is 1.26 bits per heavy atom. The first-order chi connectivity index (χ1) is 16.2. The highest BCUT2D eigenvalue weighted by atomic mass is 32.2. The van der Waals surface area contributed by atoms with Gasteiger partial charge in [-0.1, -0.05) is 43.9 Å². The summed E-state index contributed by atoms with van der Waals surface area (Å²) in [6.07, 6.45) is 5.39. The fourth-order valence-corrected chi connectivity index (χ4v) is 7.52. The number of amides is 1. The molecule has 4 heterocycles. The molecule has 4 rings (SSSR count). The zero-order valence-electron chi connectivity index (χ0n) is 19.5. The van der Waals surface area contributed by atoms with Crippen LogP contribution >= 0.6 is 24.0 Å². The molecule has 2 aromatic rings. The highest BCUT2D eigenvalue weighted by molar-refractivity contribution is 8.26. The summed E-state index contributed by atoms with van der Waals surface area (Å²) >= 11 is 6.55. The van der Waals surface area contributed by atoms with Crippen LogP contribution in [-0.4, -0.2) is 63.6 Å². The van der Waals surface area contributed by atoms with Crippen molar-refractivity contribution < 1.29 is 13.2 Å². The number of fused-ring (bicyclic) bond motifs is 1. The SMILES string of the molecule is CCCN(CCC)c1nc2c(C)cccn2c(=O)c1/C=C1\SC(=S)N([C@@H]2CCS(=O)(=O)C2)C1=O. The van der Waals surface area contributed by atoms with Crippen molar-refractivity contribution in [3.63, 3.8) is 0 Å². The number of sulfone groups is 1. The molecule has 1 amide bonds. The lowest BCUT2D eigenvalue weighted by Gasteiger charge is -2.25. The third kappa shape index (κ3) is 4.65. The number of hydrogen-bond acceptors (Lipinski definition) is 8. The number of aromatic nitrogens is 2. The van der Waals surface area contributed by atoms with Gasteiger partial charge in [-0.2, -0.15) is 0 Å². The summed E-state index contributed by atoms with van der Waals surface area (Å²) in [5, 5.41) is 0. The lowest BCUT2D eigenvalue weighted by Crippen LogP contribution is -2.39. The first kappa shape index (κ1) is 24.9. The van der Waals surface area contributed by atoms with E-state index in [1.165, 1.54) is 9.30 Å². The van der Waals surface area contributed by atoms with E-state index in [0.717, 1.165) is 43.3 Å². The molecule has 2 saturated heterocycles. The van der Waals surface area contributed by atoms with E-state index in [9.17, 15) is 18.0 Å². The second-order valence-electron chi connectivity index (χ2n) is 8.63. The van der Waals surface area contributed by atoms with Crippen LogP contribution in [0, 0.1) is 6.92 Å². The molecule has 0 aromatic carbocycles. The molecule has 0 spiro atoms. The third-order valence-corrected chi connectivity index (χ3v) is 9.10. The molecular weight excluding hydrogens is 492 g/mol. The zero-order chi connectivity index (χ0) is 24.6. The van der Waals surface area contributed by atoms with Gasteiger partial charge in [0, 0.05) is 19.3 Å². The molecule has 0 N–H and O–H groups in total. The number of carbonyl (C=O) groups is 1. The van der Waals surface area contributed by atoms with Crippen molar-refractivity contribution in [1.82, 2.24) is 14.3 Å². The highest BCUT2D eigenvalue weighted by Gasteiger charge is 2.42. The van der Waals surface area contributed by atoms with E-state index in [2.05, 4.69) is 18.7 Å². The Morgan fingerprint density at radius 2 is 1.97 bits per heavy atom. The van der Waals surface area contributed by atoms with Gasteiger partial charge >= 0.3 is 0 Å². The molecule has 2 fully saturated rings. The molecule has 0 saturated carbocycles. The molecule has 2 aromatic heterocycles. The number of rotatable bonds is 7. The van der Waals surface area contributed by atoms with Gasteiger partial charge in [-0.3, -0.25) is 18.9 Å². The Kier molecular flexibility index (Phi) is 7.16. The molecule has 11 heteroatoms. The molecule has 0 bridgehead atoms. The minimum atomic E-state index is -3.17. The van der Waals surface area contributed by atoms with Gasteiger partial charge in [0.15, 0.2) is 9.84 Å². The van der Waals surface area contributed by atoms with Gasteiger partial charge in [0.25, 0.3) is 11.5 Å². The van der Waals surface area contributed by atoms with Crippen molar-refractivity contribution in [3.8, 4) is 0 Å². The molecule has 2 aliphatic heterocycles. The number of thioether (sulfide) groups is 1. The summed E-state index contributed by atoms with van der Waals surface area (Å²) in [7, 11) is -3.17. The highest BCUT2D eigenvalue weighted by Crippen LogP contribution is 2.37. The second-order valence-corrected chi connectivity index (χ2v) is 12.5. The average molecular weight is 521 g/mol. The Hall–Kier alpha value is -2.24. The van der Waals surface area contributed by atoms with Crippen molar-refractivity contribution in [2.75, 3.05) is 29.5 Å². The van der Waals surface area contributed by atoms with E-state index >= 15 is 0 Å². The minimum absolute atomic E-state index is 0.0518. The van der Waals surface area contributed by atoms with Crippen molar-refractivity contribution in [2.45, 2.75) is 46.1 Å². The van der Waals surface area contributed by atoms with Crippen molar-refractivity contribution in [2.24, 2.45) is 0 Å². The number of carbonyl (C=O) groups excluding carboxylic acids is 1.